The van der Waals surface area contributed by atoms with Crippen LogP contribution in [0.1, 0.15) is 16.1 Å². The van der Waals surface area contributed by atoms with E-state index in [9.17, 15) is 14.9 Å². The van der Waals surface area contributed by atoms with Crippen LogP contribution in [0, 0.1) is 10.1 Å². The van der Waals surface area contributed by atoms with E-state index in [0.717, 1.165) is 22.4 Å². The number of nitrogens with zero attached hydrogens (tertiary/aromatic N) is 4. The molecule has 0 spiro atoms. The molecule has 0 saturated heterocycles. The number of hydrogen-bond acceptors (Lipinski definition) is 6. The van der Waals surface area contributed by atoms with Crippen molar-refractivity contribution in [3.8, 4) is 0 Å². The highest BCUT2D eigenvalue weighted by Gasteiger charge is 2.16. The third kappa shape index (κ3) is 3.18. The molecule has 0 fully saturated rings. The summed E-state index contributed by atoms with van der Waals surface area (Å²) in [5.74, 6) is -0.626. The molecule has 0 bridgehead atoms. The van der Waals surface area contributed by atoms with Crippen LogP contribution in [0.15, 0.2) is 41.3 Å². The summed E-state index contributed by atoms with van der Waals surface area (Å²) in [6, 6.07) is 4.83. The molecule has 3 rings (SSSR count). The summed E-state index contributed by atoms with van der Waals surface area (Å²) >= 11 is 3.38. The van der Waals surface area contributed by atoms with Crippen LogP contribution in [0.4, 0.5) is 11.5 Å². The van der Waals surface area contributed by atoms with Crippen molar-refractivity contribution >= 4 is 39.0 Å². The summed E-state index contributed by atoms with van der Waals surface area (Å²) in [5, 5.41) is 13.7. The van der Waals surface area contributed by atoms with Gasteiger partial charge in [0.1, 0.15) is 17.7 Å². The molecule has 0 aliphatic carbocycles. The van der Waals surface area contributed by atoms with Gasteiger partial charge in [0, 0.05) is 22.9 Å². The first-order chi connectivity index (χ1) is 11.4. The summed E-state index contributed by atoms with van der Waals surface area (Å²) in [6.07, 6.45) is 4.75. The van der Waals surface area contributed by atoms with Gasteiger partial charge in [-0.05, 0) is 28.1 Å². The van der Waals surface area contributed by atoms with Gasteiger partial charge in [-0.15, -0.1) is 0 Å². The molecule has 0 saturated carbocycles. The molecule has 0 aliphatic rings. The quantitative estimate of drug-likeness (QED) is 0.506. The summed E-state index contributed by atoms with van der Waals surface area (Å²) in [7, 11) is 0. The van der Waals surface area contributed by atoms with E-state index < -0.39 is 10.8 Å². The normalized spacial score (nSPS) is 10.7. The number of nitrogens with one attached hydrogen (secondary N) is 1. The van der Waals surface area contributed by atoms with Crippen molar-refractivity contribution in [1.29, 1.82) is 0 Å². The van der Waals surface area contributed by atoms with Crippen molar-refractivity contribution in [2.24, 2.45) is 5.73 Å². The molecular weight excluding hydrogens is 380 g/mol. The summed E-state index contributed by atoms with van der Waals surface area (Å²) in [4.78, 5) is 29.9. The van der Waals surface area contributed by atoms with Gasteiger partial charge in [-0.1, -0.05) is 0 Å². The second-order valence-electron chi connectivity index (χ2n) is 4.91. The summed E-state index contributed by atoms with van der Waals surface area (Å²) in [6.45, 7) is 0.282. The van der Waals surface area contributed by atoms with Gasteiger partial charge in [-0.25, -0.2) is 9.97 Å². The van der Waals surface area contributed by atoms with E-state index in [2.05, 4.69) is 31.2 Å². The maximum absolute atomic E-state index is 11.5. The van der Waals surface area contributed by atoms with Crippen LogP contribution >= 0.6 is 15.9 Å². The number of rotatable bonds is 5. The van der Waals surface area contributed by atoms with Crippen LogP contribution < -0.4 is 11.1 Å². The Hall–Kier alpha value is -3.01. The molecule has 3 N–H and O–H groups in total. The Morgan fingerprint density at radius 3 is 2.92 bits per heavy atom. The van der Waals surface area contributed by atoms with Crippen molar-refractivity contribution in [2.75, 3.05) is 5.32 Å². The minimum Gasteiger partial charge on any atom is -0.365 e. The second kappa shape index (κ2) is 6.24. The number of nitro groups is 1. The molecule has 0 radical (unpaired) electrons. The first-order valence-electron chi connectivity index (χ1n) is 6.75. The number of carbonyl (C=O) groups excluding carboxylic acids is 1. The highest BCUT2D eigenvalue weighted by atomic mass is 79.9. The van der Waals surface area contributed by atoms with Crippen LogP contribution in [-0.4, -0.2) is 25.2 Å². The lowest BCUT2D eigenvalue weighted by Crippen LogP contribution is -2.16. The van der Waals surface area contributed by atoms with Crippen molar-refractivity contribution < 1.29 is 9.72 Å². The number of fused-ring (bicyclic) bond motifs is 1. The summed E-state index contributed by atoms with van der Waals surface area (Å²) < 4.78 is 2.76. The van der Waals surface area contributed by atoms with Crippen LogP contribution in [0.25, 0.3) is 5.65 Å². The molecule has 0 aromatic carbocycles. The van der Waals surface area contributed by atoms with E-state index in [1.165, 1.54) is 0 Å². The fraction of sp³-hybridized carbons (Fsp3) is 0.0714. The molecule has 9 nitrogen and oxygen atoms in total. The Morgan fingerprint density at radius 2 is 2.21 bits per heavy atom. The van der Waals surface area contributed by atoms with E-state index in [1.807, 2.05) is 28.9 Å². The predicted octanol–water partition coefficient (Wildman–Crippen LogP) is 2.11. The molecule has 1 amide bonds. The fourth-order valence-corrected chi connectivity index (χ4v) is 2.51. The number of carbonyl (C=O) groups is 1. The summed E-state index contributed by atoms with van der Waals surface area (Å²) in [5.41, 5.74) is 6.40. The Bertz CT molecular complexity index is 955. The highest BCUT2D eigenvalue weighted by molar-refractivity contribution is 9.10. The van der Waals surface area contributed by atoms with Crippen molar-refractivity contribution in [2.45, 2.75) is 6.54 Å². The van der Waals surface area contributed by atoms with Gasteiger partial charge in [0.15, 0.2) is 0 Å². The lowest BCUT2D eigenvalue weighted by molar-refractivity contribution is -0.385. The van der Waals surface area contributed by atoms with Gasteiger partial charge in [0.25, 0.3) is 11.6 Å². The lowest BCUT2D eigenvalue weighted by atomic mass is 10.2. The zero-order chi connectivity index (χ0) is 17.3. The number of halogens is 1. The van der Waals surface area contributed by atoms with Gasteiger partial charge in [-0.3, -0.25) is 14.9 Å². The molecule has 0 atom stereocenters. The Balaban J connectivity index is 1.84. The molecule has 0 unspecified atom stereocenters. The molecule has 3 heterocycles. The van der Waals surface area contributed by atoms with Crippen LogP contribution in [0.2, 0.25) is 0 Å². The lowest BCUT2D eigenvalue weighted by Gasteiger charge is -2.07. The van der Waals surface area contributed by atoms with Gasteiger partial charge in [-0.2, -0.15) is 0 Å². The number of aromatic nitrogens is 3. The largest absolute Gasteiger partial charge is 0.365 e. The molecule has 24 heavy (non-hydrogen) atoms. The predicted molar refractivity (Wildman–Crippen MR) is 89.6 cm³/mol. The van der Waals surface area contributed by atoms with Gasteiger partial charge in [0.2, 0.25) is 0 Å². The van der Waals surface area contributed by atoms with Crippen LogP contribution in [-0.2, 0) is 6.54 Å². The first-order valence-corrected chi connectivity index (χ1v) is 7.54. The average molecular weight is 391 g/mol. The Kier molecular flexibility index (Phi) is 4.13. The Morgan fingerprint density at radius 1 is 1.42 bits per heavy atom. The number of nitrogens with two attached hydrogens (primary N) is 1. The van der Waals surface area contributed by atoms with Crippen LogP contribution in [0.5, 0.6) is 0 Å². The minimum atomic E-state index is -0.798. The van der Waals surface area contributed by atoms with Gasteiger partial charge in [0.05, 0.1) is 22.7 Å². The van der Waals surface area contributed by atoms with Crippen molar-refractivity contribution in [3.05, 3.63) is 62.6 Å². The van der Waals surface area contributed by atoms with E-state index in [4.69, 9.17) is 5.73 Å². The molecule has 3 aromatic heterocycles. The monoisotopic (exact) mass is 390 g/mol. The number of amides is 1. The first kappa shape index (κ1) is 15.9. The van der Waals surface area contributed by atoms with Crippen molar-refractivity contribution in [3.63, 3.8) is 0 Å². The molecule has 122 valence electrons. The van der Waals surface area contributed by atoms with Crippen LogP contribution in [0.3, 0.4) is 0 Å². The fourth-order valence-electron chi connectivity index (χ4n) is 2.16. The van der Waals surface area contributed by atoms with E-state index in [-0.39, 0.29) is 23.6 Å². The van der Waals surface area contributed by atoms with E-state index in [0.29, 0.717) is 5.69 Å². The topological polar surface area (TPSA) is 128 Å². The van der Waals surface area contributed by atoms with Gasteiger partial charge >= 0.3 is 0 Å². The second-order valence-corrected chi connectivity index (χ2v) is 5.83. The van der Waals surface area contributed by atoms with E-state index in [1.54, 1.807) is 0 Å². The number of primary amides is 1. The molecule has 10 heteroatoms. The number of anilines is 1. The number of hydrogen-bond donors (Lipinski definition) is 2. The zero-order valence-electron chi connectivity index (χ0n) is 12.1. The third-order valence-corrected chi connectivity index (χ3v) is 3.72. The molecule has 3 aromatic rings. The number of pyridine rings is 2. The SMILES string of the molecule is NC(=O)c1cc([N+](=O)[O-])cnc1NCc1cn2cc(Br)ccc2n1. The van der Waals surface area contributed by atoms with Crippen molar-refractivity contribution in [1.82, 2.24) is 14.4 Å². The maximum atomic E-state index is 11.5. The molecular formula is C14H11BrN6O3. The minimum absolute atomic E-state index is 0.0456. The standard InChI is InChI=1S/C14H11BrN6O3/c15-8-1-2-12-19-9(7-20(12)6-8)4-17-14-11(13(16)22)3-10(5-18-14)21(23)24/h1-3,5-7H,4H2,(H2,16,22)(H,17,18). The molecule has 0 aliphatic heterocycles. The number of imidazole rings is 1. The third-order valence-electron chi connectivity index (χ3n) is 3.25. The Labute approximate surface area is 143 Å². The zero-order valence-corrected chi connectivity index (χ0v) is 13.7. The maximum Gasteiger partial charge on any atom is 0.288 e. The van der Waals surface area contributed by atoms with E-state index >= 15 is 0 Å². The average Bonchev–Trinajstić information content (AvgIpc) is 2.94. The highest BCUT2D eigenvalue weighted by Crippen LogP contribution is 2.19. The smallest absolute Gasteiger partial charge is 0.288 e. The van der Waals surface area contributed by atoms with Gasteiger partial charge < -0.3 is 15.5 Å².